The van der Waals surface area contributed by atoms with E-state index in [1.54, 1.807) is 9.80 Å². The SMILES string of the molecule is CC(C)(C)OC(=O)N1CCN(C(=O)CC2CCCO2)C(CN)C1. The summed E-state index contributed by atoms with van der Waals surface area (Å²) in [5.74, 6) is 0.0659. The number of carbonyl (C=O) groups is 2. The molecule has 2 fully saturated rings. The van der Waals surface area contributed by atoms with E-state index < -0.39 is 5.60 Å². The van der Waals surface area contributed by atoms with Crippen LogP contribution >= 0.6 is 0 Å². The zero-order valence-corrected chi connectivity index (χ0v) is 14.4. The summed E-state index contributed by atoms with van der Waals surface area (Å²) < 4.78 is 10.9. The fourth-order valence-electron chi connectivity index (χ4n) is 3.00. The third-order valence-corrected chi connectivity index (χ3v) is 4.15. The average molecular weight is 327 g/mol. The monoisotopic (exact) mass is 327 g/mol. The van der Waals surface area contributed by atoms with E-state index in [1.165, 1.54) is 0 Å². The van der Waals surface area contributed by atoms with Crippen molar-refractivity contribution in [2.45, 2.75) is 57.8 Å². The van der Waals surface area contributed by atoms with E-state index in [4.69, 9.17) is 15.2 Å². The Morgan fingerprint density at radius 3 is 2.61 bits per heavy atom. The van der Waals surface area contributed by atoms with Crippen molar-refractivity contribution < 1.29 is 19.1 Å². The summed E-state index contributed by atoms with van der Waals surface area (Å²) in [6.07, 6.45) is 2.05. The number of nitrogens with zero attached hydrogens (tertiary/aromatic N) is 2. The lowest BCUT2D eigenvalue weighted by molar-refractivity contribution is -0.138. The van der Waals surface area contributed by atoms with Crippen LogP contribution in [0.5, 0.6) is 0 Å². The van der Waals surface area contributed by atoms with Crippen molar-refractivity contribution in [3.8, 4) is 0 Å². The van der Waals surface area contributed by atoms with E-state index in [0.717, 1.165) is 19.4 Å². The molecular formula is C16H29N3O4. The molecule has 2 aliphatic rings. The third-order valence-electron chi connectivity index (χ3n) is 4.15. The fourth-order valence-corrected chi connectivity index (χ4v) is 3.00. The number of amides is 2. The minimum Gasteiger partial charge on any atom is -0.444 e. The van der Waals surface area contributed by atoms with Gasteiger partial charge in [-0.1, -0.05) is 0 Å². The van der Waals surface area contributed by atoms with Gasteiger partial charge in [0.2, 0.25) is 5.91 Å². The molecule has 0 radical (unpaired) electrons. The van der Waals surface area contributed by atoms with E-state index >= 15 is 0 Å². The first-order valence-electron chi connectivity index (χ1n) is 8.39. The Labute approximate surface area is 138 Å². The molecule has 0 aromatic carbocycles. The summed E-state index contributed by atoms with van der Waals surface area (Å²) in [5.41, 5.74) is 5.30. The summed E-state index contributed by atoms with van der Waals surface area (Å²) in [5, 5.41) is 0. The van der Waals surface area contributed by atoms with E-state index in [9.17, 15) is 9.59 Å². The van der Waals surface area contributed by atoms with Crippen molar-refractivity contribution in [2.24, 2.45) is 5.73 Å². The van der Waals surface area contributed by atoms with Crippen LogP contribution in [0.15, 0.2) is 0 Å². The highest BCUT2D eigenvalue weighted by atomic mass is 16.6. The standard InChI is InChI=1S/C16H29N3O4/c1-16(2,3)23-15(21)18-6-7-19(12(10-17)11-18)14(20)9-13-5-4-8-22-13/h12-13H,4-11,17H2,1-3H3. The average Bonchev–Trinajstić information content (AvgIpc) is 2.97. The number of hydrogen-bond acceptors (Lipinski definition) is 5. The number of rotatable bonds is 3. The molecule has 23 heavy (non-hydrogen) atoms. The smallest absolute Gasteiger partial charge is 0.410 e. The normalized spacial score (nSPS) is 25.6. The molecule has 0 aliphatic carbocycles. The first-order chi connectivity index (χ1) is 10.8. The van der Waals surface area contributed by atoms with Gasteiger partial charge in [-0.05, 0) is 33.6 Å². The molecule has 2 N–H and O–H groups in total. The lowest BCUT2D eigenvalue weighted by atomic mass is 10.1. The Hall–Kier alpha value is -1.34. The number of nitrogens with two attached hydrogens (primary N) is 1. The highest BCUT2D eigenvalue weighted by Crippen LogP contribution is 2.19. The van der Waals surface area contributed by atoms with Gasteiger partial charge in [0, 0.05) is 32.8 Å². The minimum atomic E-state index is -0.526. The molecule has 7 nitrogen and oxygen atoms in total. The van der Waals surface area contributed by atoms with Gasteiger partial charge in [0.15, 0.2) is 0 Å². The lowest BCUT2D eigenvalue weighted by Crippen LogP contribution is -2.59. The molecule has 2 unspecified atom stereocenters. The summed E-state index contributed by atoms with van der Waals surface area (Å²) in [7, 11) is 0. The molecule has 0 aromatic heterocycles. The molecule has 0 bridgehead atoms. The highest BCUT2D eigenvalue weighted by molar-refractivity contribution is 5.78. The van der Waals surface area contributed by atoms with Crippen molar-refractivity contribution in [1.82, 2.24) is 9.80 Å². The maximum atomic E-state index is 12.5. The maximum Gasteiger partial charge on any atom is 0.410 e. The number of piperazine rings is 1. The number of carbonyl (C=O) groups excluding carboxylic acids is 2. The number of ether oxygens (including phenoxy) is 2. The molecule has 132 valence electrons. The van der Waals surface area contributed by atoms with E-state index in [0.29, 0.717) is 32.6 Å². The first kappa shape index (κ1) is 18.0. The fraction of sp³-hybridized carbons (Fsp3) is 0.875. The van der Waals surface area contributed by atoms with Crippen molar-refractivity contribution in [1.29, 1.82) is 0 Å². The quantitative estimate of drug-likeness (QED) is 0.834. The van der Waals surface area contributed by atoms with Gasteiger partial charge in [-0.3, -0.25) is 4.79 Å². The van der Waals surface area contributed by atoms with Crippen LogP contribution in [0.25, 0.3) is 0 Å². The lowest BCUT2D eigenvalue weighted by Gasteiger charge is -2.41. The van der Waals surface area contributed by atoms with Gasteiger partial charge >= 0.3 is 6.09 Å². The van der Waals surface area contributed by atoms with E-state index in [-0.39, 0.29) is 24.1 Å². The highest BCUT2D eigenvalue weighted by Gasteiger charge is 2.34. The van der Waals surface area contributed by atoms with Gasteiger partial charge in [-0.15, -0.1) is 0 Å². The Kier molecular flexibility index (Phi) is 5.86. The number of hydrogen-bond donors (Lipinski definition) is 1. The second-order valence-electron chi connectivity index (χ2n) is 7.24. The Bertz CT molecular complexity index is 430. The molecule has 7 heteroatoms. The minimum absolute atomic E-state index is 0.0322. The van der Waals surface area contributed by atoms with Crippen LogP contribution in [0.3, 0.4) is 0 Å². The Morgan fingerprint density at radius 2 is 2.04 bits per heavy atom. The zero-order valence-electron chi connectivity index (χ0n) is 14.4. The molecule has 0 aromatic rings. The summed E-state index contributed by atoms with van der Waals surface area (Å²) in [4.78, 5) is 28.1. The Balaban J connectivity index is 1.90. The van der Waals surface area contributed by atoms with Crippen molar-refractivity contribution in [2.75, 3.05) is 32.8 Å². The largest absolute Gasteiger partial charge is 0.444 e. The summed E-state index contributed by atoms with van der Waals surface area (Å²) >= 11 is 0. The van der Waals surface area contributed by atoms with Gasteiger partial charge in [-0.2, -0.15) is 0 Å². The molecule has 0 saturated carbocycles. The van der Waals surface area contributed by atoms with Crippen LogP contribution in [-0.2, 0) is 14.3 Å². The van der Waals surface area contributed by atoms with Gasteiger partial charge in [0.05, 0.1) is 18.6 Å². The predicted molar refractivity (Wildman–Crippen MR) is 86.0 cm³/mol. The molecule has 2 heterocycles. The van der Waals surface area contributed by atoms with Crippen LogP contribution < -0.4 is 5.73 Å². The second-order valence-corrected chi connectivity index (χ2v) is 7.24. The third kappa shape index (κ3) is 5.07. The van der Waals surface area contributed by atoms with Crippen molar-refractivity contribution >= 4 is 12.0 Å². The van der Waals surface area contributed by atoms with E-state index in [2.05, 4.69) is 0 Å². The van der Waals surface area contributed by atoms with Gasteiger partial charge in [0.1, 0.15) is 5.60 Å². The van der Waals surface area contributed by atoms with Gasteiger partial charge in [0.25, 0.3) is 0 Å². The first-order valence-corrected chi connectivity index (χ1v) is 8.39. The van der Waals surface area contributed by atoms with Crippen LogP contribution in [0.2, 0.25) is 0 Å². The van der Waals surface area contributed by atoms with Crippen molar-refractivity contribution in [3.63, 3.8) is 0 Å². The predicted octanol–water partition coefficient (Wildman–Crippen LogP) is 0.962. The molecule has 2 rings (SSSR count). The maximum absolute atomic E-state index is 12.5. The molecule has 2 atom stereocenters. The van der Waals surface area contributed by atoms with Gasteiger partial charge < -0.3 is 25.0 Å². The summed E-state index contributed by atoms with van der Waals surface area (Å²) in [6, 6.07) is -0.162. The summed E-state index contributed by atoms with van der Waals surface area (Å²) in [6.45, 7) is 7.98. The molecule has 2 amide bonds. The molecule has 0 spiro atoms. The molecule has 2 aliphatic heterocycles. The Morgan fingerprint density at radius 1 is 1.30 bits per heavy atom. The van der Waals surface area contributed by atoms with Crippen LogP contribution in [-0.4, -0.2) is 72.3 Å². The van der Waals surface area contributed by atoms with Gasteiger partial charge in [-0.25, -0.2) is 4.79 Å². The van der Waals surface area contributed by atoms with Crippen LogP contribution in [0, 0.1) is 0 Å². The zero-order chi connectivity index (χ0) is 17.0. The van der Waals surface area contributed by atoms with Crippen LogP contribution in [0.1, 0.15) is 40.0 Å². The topological polar surface area (TPSA) is 85.1 Å². The van der Waals surface area contributed by atoms with Crippen molar-refractivity contribution in [3.05, 3.63) is 0 Å². The second kappa shape index (κ2) is 7.49. The van der Waals surface area contributed by atoms with E-state index in [1.807, 2.05) is 20.8 Å². The van der Waals surface area contributed by atoms with Crippen LogP contribution in [0.4, 0.5) is 4.79 Å². The molecule has 2 saturated heterocycles. The molecular weight excluding hydrogens is 298 g/mol.